The number of aromatic nitrogens is 1. The van der Waals surface area contributed by atoms with Crippen molar-refractivity contribution in [2.24, 2.45) is 5.92 Å². The molecule has 0 N–H and O–H groups in total. The van der Waals surface area contributed by atoms with Gasteiger partial charge in [-0.05, 0) is 31.9 Å². The first-order valence-corrected chi connectivity index (χ1v) is 5.90. The maximum Gasteiger partial charge on any atom is 0.433 e. The van der Waals surface area contributed by atoms with Crippen molar-refractivity contribution in [1.82, 2.24) is 4.98 Å². The van der Waals surface area contributed by atoms with Gasteiger partial charge >= 0.3 is 6.18 Å². The third-order valence-corrected chi connectivity index (χ3v) is 3.04. The molecule has 6 heteroatoms. The first-order chi connectivity index (χ1) is 8.79. The van der Waals surface area contributed by atoms with E-state index in [9.17, 15) is 22.8 Å². The van der Waals surface area contributed by atoms with Gasteiger partial charge in [0.25, 0.3) is 0 Å². The number of alkyl halides is 3. The lowest BCUT2D eigenvalue weighted by Gasteiger charge is -2.09. The number of carbonyl (C=O) groups is 2. The second kappa shape index (κ2) is 4.75. The molecule has 0 atom stereocenters. The predicted octanol–water partition coefficient (Wildman–Crippen LogP) is 2.96. The highest BCUT2D eigenvalue weighted by atomic mass is 19.4. The zero-order valence-electron chi connectivity index (χ0n) is 10.3. The Morgan fingerprint density at radius 1 is 1.32 bits per heavy atom. The highest BCUT2D eigenvalue weighted by molar-refractivity contribution is 6.09. The maximum absolute atomic E-state index is 12.4. The van der Waals surface area contributed by atoms with Crippen LogP contribution in [0.15, 0.2) is 12.1 Å². The Balaban J connectivity index is 2.16. The molecule has 1 heterocycles. The summed E-state index contributed by atoms with van der Waals surface area (Å²) in [5.41, 5.74) is -0.944. The number of halogens is 3. The summed E-state index contributed by atoms with van der Waals surface area (Å²) in [7, 11) is 0. The van der Waals surface area contributed by atoms with Crippen LogP contribution in [0.3, 0.4) is 0 Å². The van der Waals surface area contributed by atoms with Crippen LogP contribution in [-0.2, 0) is 11.0 Å². The average molecular weight is 271 g/mol. The molecule has 1 aromatic heterocycles. The number of aryl methyl sites for hydroxylation is 1. The normalized spacial score (nSPS) is 15.4. The van der Waals surface area contributed by atoms with Gasteiger partial charge in [0, 0.05) is 17.2 Å². The second-order valence-corrected chi connectivity index (χ2v) is 4.67. The largest absolute Gasteiger partial charge is 0.433 e. The number of rotatable bonds is 4. The number of hydrogen-bond donors (Lipinski definition) is 0. The fourth-order valence-corrected chi connectivity index (χ4v) is 1.82. The van der Waals surface area contributed by atoms with E-state index in [4.69, 9.17) is 0 Å². The van der Waals surface area contributed by atoms with Crippen molar-refractivity contribution in [2.75, 3.05) is 0 Å². The van der Waals surface area contributed by atoms with Crippen molar-refractivity contribution < 1.29 is 22.8 Å². The van der Waals surface area contributed by atoms with Gasteiger partial charge in [-0.25, -0.2) is 4.98 Å². The van der Waals surface area contributed by atoms with E-state index in [-0.39, 0.29) is 29.4 Å². The van der Waals surface area contributed by atoms with E-state index < -0.39 is 17.7 Å². The van der Waals surface area contributed by atoms with Crippen LogP contribution in [0.2, 0.25) is 0 Å². The summed E-state index contributed by atoms with van der Waals surface area (Å²) in [5, 5.41) is 0. The number of nitrogens with zero attached hydrogens (tertiary/aromatic N) is 1. The lowest BCUT2D eigenvalue weighted by Crippen LogP contribution is -2.14. The molecule has 1 fully saturated rings. The summed E-state index contributed by atoms with van der Waals surface area (Å²) in [6.07, 6.45) is -3.18. The van der Waals surface area contributed by atoms with Crippen molar-refractivity contribution in [3.05, 3.63) is 29.1 Å². The van der Waals surface area contributed by atoms with Gasteiger partial charge in [0.2, 0.25) is 0 Å². The van der Waals surface area contributed by atoms with Crippen LogP contribution in [0.4, 0.5) is 13.2 Å². The van der Waals surface area contributed by atoms with Gasteiger partial charge < -0.3 is 0 Å². The van der Waals surface area contributed by atoms with Gasteiger partial charge in [0.05, 0.1) is 6.42 Å². The van der Waals surface area contributed by atoms with Crippen LogP contribution >= 0.6 is 0 Å². The zero-order valence-corrected chi connectivity index (χ0v) is 10.3. The van der Waals surface area contributed by atoms with Crippen molar-refractivity contribution >= 4 is 11.6 Å². The molecule has 1 aromatic rings. The van der Waals surface area contributed by atoms with Gasteiger partial charge in [0.15, 0.2) is 5.78 Å². The third kappa shape index (κ3) is 3.19. The van der Waals surface area contributed by atoms with Crippen LogP contribution in [0.25, 0.3) is 0 Å². The van der Waals surface area contributed by atoms with Crippen LogP contribution in [0.5, 0.6) is 0 Å². The highest BCUT2D eigenvalue weighted by Gasteiger charge is 2.34. The molecule has 102 valence electrons. The SMILES string of the molecule is Cc1nc(C(F)(F)F)ccc1C(=O)CC(=O)C1CC1. The standard InChI is InChI=1S/C13H12F3NO2/c1-7-9(4-5-12(17-7)13(14,15)16)11(19)6-10(18)8-2-3-8/h4-5,8H,2-3,6H2,1H3. The van der Waals surface area contributed by atoms with E-state index in [1.165, 1.54) is 6.92 Å². The average Bonchev–Trinajstić information content (AvgIpc) is 3.10. The quantitative estimate of drug-likeness (QED) is 0.624. The molecule has 0 bridgehead atoms. The molecule has 1 saturated carbocycles. The summed E-state index contributed by atoms with van der Waals surface area (Å²) in [6, 6.07) is 1.86. The van der Waals surface area contributed by atoms with Crippen molar-refractivity contribution in [1.29, 1.82) is 0 Å². The first-order valence-electron chi connectivity index (χ1n) is 5.90. The van der Waals surface area contributed by atoms with Gasteiger partial charge in [-0.2, -0.15) is 13.2 Å². The Morgan fingerprint density at radius 3 is 2.42 bits per heavy atom. The molecule has 19 heavy (non-hydrogen) atoms. The minimum atomic E-state index is -4.53. The fraction of sp³-hybridized carbons (Fsp3) is 0.462. The summed E-state index contributed by atoms with van der Waals surface area (Å²) in [5.74, 6) is -0.633. The number of pyridine rings is 1. The first kappa shape index (κ1) is 13.7. The third-order valence-electron chi connectivity index (χ3n) is 3.04. The monoisotopic (exact) mass is 271 g/mol. The zero-order chi connectivity index (χ0) is 14.2. The molecule has 3 nitrogen and oxygen atoms in total. The molecular formula is C13H12F3NO2. The van der Waals surface area contributed by atoms with Gasteiger partial charge in [-0.3, -0.25) is 9.59 Å². The summed E-state index contributed by atoms with van der Waals surface area (Å²) in [4.78, 5) is 26.7. The lowest BCUT2D eigenvalue weighted by atomic mass is 10.0. The van der Waals surface area contributed by atoms with Crippen molar-refractivity contribution in [3.63, 3.8) is 0 Å². The van der Waals surface area contributed by atoms with E-state index in [1.54, 1.807) is 0 Å². The molecule has 0 spiro atoms. The van der Waals surface area contributed by atoms with Crippen LogP contribution in [0, 0.1) is 12.8 Å². The molecule has 2 rings (SSSR count). The Kier molecular flexibility index (Phi) is 3.43. The van der Waals surface area contributed by atoms with Gasteiger partial charge in [0.1, 0.15) is 11.5 Å². The number of ketones is 2. The summed E-state index contributed by atoms with van der Waals surface area (Å²) in [6.45, 7) is 1.34. The van der Waals surface area contributed by atoms with Crippen molar-refractivity contribution in [2.45, 2.75) is 32.4 Å². The van der Waals surface area contributed by atoms with Crippen LogP contribution < -0.4 is 0 Å². The van der Waals surface area contributed by atoms with E-state index >= 15 is 0 Å². The molecule has 0 aromatic carbocycles. The topological polar surface area (TPSA) is 47.0 Å². The molecular weight excluding hydrogens is 259 g/mol. The molecule has 0 saturated heterocycles. The Labute approximate surface area is 107 Å². The second-order valence-electron chi connectivity index (χ2n) is 4.67. The van der Waals surface area contributed by atoms with Crippen LogP contribution in [0.1, 0.15) is 41.0 Å². The fourth-order valence-electron chi connectivity index (χ4n) is 1.82. The maximum atomic E-state index is 12.4. The minimum absolute atomic E-state index is 0.00317. The molecule has 0 radical (unpaired) electrons. The lowest BCUT2D eigenvalue weighted by molar-refractivity contribution is -0.141. The van der Waals surface area contributed by atoms with E-state index in [2.05, 4.69) is 4.98 Å². The summed E-state index contributed by atoms with van der Waals surface area (Å²) >= 11 is 0. The van der Waals surface area contributed by atoms with E-state index in [1.807, 2.05) is 0 Å². The molecule has 0 amide bonds. The van der Waals surface area contributed by atoms with Gasteiger partial charge in [-0.1, -0.05) is 0 Å². The number of carbonyl (C=O) groups excluding carboxylic acids is 2. The number of Topliss-reactive ketones (excluding diaryl/α,β-unsaturated/α-hetero) is 2. The van der Waals surface area contributed by atoms with Gasteiger partial charge in [-0.15, -0.1) is 0 Å². The highest BCUT2D eigenvalue weighted by Crippen LogP contribution is 2.32. The smallest absolute Gasteiger partial charge is 0.299 e. The van der Waals surface area contributed by atoms with E-state index in [0.29, 0.717) is 0 Å². The van der Waals surface area contributed by atoms with Crippen molar-refractivity contribution in [3.8, 4) is 0 Å². The molecule has 0 aliphatic heterocycles. The predicted molar refractivity (Wildman–Crippen MR) is 60.7 cm³/mol. The number of hydrogen-bond acceptors (Lipinski definition) is 3. The summed E-state index contributed by atoms with van der Waals surface area (Å²) < 4.78 is 37.3. The van der Waals surface area contributed by atoms with E-state index in [0.717, 1.165) is 25.0 Å². The Bertz CT molecular complexity index is 533. The van der Waals surface area contributed by atoms with Crippen LogP contribution in [-0.4, -0.2) is 16.6 Å². The minimum Gasteiger partial charge on any atom is -0.299 e. The Morgan fingerprint density at radius 2 is 1.95 bits per heavy atom. The Hall–Kier alpha value is -1.72. The molecule has 1 aliphatic carbocycles. The molecule has 0 unspecified atom stereocenters. The molecule has 1 aliphatic rings.